The van der Waals surface area contributed by atoms with Crippen LogP contribution in [0.3, 0.4) is 0 Å². The normalized spacial score (nSPS) is 12.4. The van der Waals surface area contributed by atoms with Crippen LogP contribution in [0.15, 0.2) is 42.5 Å². The van der Waals surface area contributed by atoms with Gasteiger partial charge in [-0.3, -0.25) is 9.59 Å². The molecule has 0 saturated heterocycles. The van der Waals surface area contributed by atoms with E-state index >= 15 is 0 Å². The van der Waals surface area contributed by atoms with Crippen LogP contribution in [0.5, 0.6) is 0 Å². The van der Waals surface area contributed by atoms with Gasteiger partial charge in [-0.2, -0.15) is 0 Å². The highest BCUT2D eigenvalue weighted by atomic mass is 35.5. The van der Waals surface area contributed by atoms with Crippen LogP contribution in [0.2, 0.25) is 10.0 Å². The molecule has 0 bridgehead atoms. The zero-order valence-corrected chi connectivity index (χ0v) is 19.8. The summed E-state index contributed by atoms with van der Waals surface area (Å²) in [5.74, 6) is -0.296. The lowest BCUT2D eigenvalue weighted by molar-refractivity contribution is -0.140. The number of hydrogen-bond donors (Lipinski definition) is 1. The minimum Gasteiger partial charge on any atom is -0.357 e. The Balaban J connectivity index is 2.13. The third-order valence-electron chi connectivity index (χ3n) is 5.20. The molecule has 4 nitrogen and oxygen atoms in total. The Bertz CT molecular complexity index is 889. The van der Waals surface area contributed by atoms with Crippen LogP contribution < -0.4 is 5.32 Å². The van der Waals surface area contributed by atoms with Gasteiger partial charge < -0.3 is 10.2 Å². The Hall–Kier alpha value is -2.04. The van der Waals surface area contributed by atoms with Crippen molar-refractivity contribution in [2.75, 3.05) is 7.05 Å². The second-order valence-electron chi connectivity index (χ2n) is 8.51. The maximum Gasteiger partial charge on any atom is 0.242 e. The molecule has 0 unspecified atom stereocenters. The van der Waals surface area contributed by atoms with Gasteiger partial charge >= 0.3 is 0 Å². The molecule has 30 heavy (non-hydrogen) atoms. The number of likely N-dealkylation sites (N-methyl/N-ethyl adjacent to an activating group) is 1. The van der Waals surface area contributed by atoms with Crippen molar-refractivity contribution in [2.45, 2.75) is 58.5 Å². The van der Waals surface area contributed by atoms with E-state index in [0.29, 0.717) is 22.9 Å². The molecule has 0 aliphatic heterocycles. The van der Waals surface area contributed by atoms with E-state index in [9.17, 15) is 9.59 Å². The van der Waals surface area contributed by atoms with E-state index in [-0.39, 0.29) is 23.8 Å². The monoisotopic (exact) mass is 448 g/mol. The highest BCUT2D eigenvalue weighted by Gasteiger charge is 2.25. The molecular formula is C24H30Cl2N2O2. The number of halogens is 2. The van der Waals surface area contributed by atoms with Crippen molar-refractivity contribution in [3.63, 3.8) is 0 Å². The zero-order valence-electron chi connectivity index (χ0n) is 18.3. The summed E-state index contributed by atoms with van der Waals surface area (Å²) in [5.41, 5.74) is 3.27. The summed E-state index contributed by atoms with van der Waals surface area (Å²) in [6.07, 6.45) is 0.930. The first-order valence-electron chi connectivity index (χ1n) is 10.1. The van der Waals surface area contributed by atoms with Crippen molar-refractivity contribution >= 4 is 35.0 Å². The first-order valence-corrected chi connectivity index (χ1v) is 10.8. The standard InChI is InChI=1S/C24H30Cl2N2O2/c1-16(23(30)27-5)28(15-18-8-12-20(25)21(26)14-18)22(29)13-9-17-6-10-19(11-7-17)24(2,3)4/h6-8,10-12,14,16H,9,13,15H2,1-5H3,(H,27,30)/t16-/m1/s1. The lowest BCUT2D eigenvalue weighted by atomic mass is 9.86. The number of carbonyl (C=O) groups is 2. The van der Waals surface area contributed by atoms with E-state index in [1.807, 2.05) is 6.07 Å². The maximum absolute atomic E-state index is 13.0. The molecule has 2 aromatic rings. The molecule has 0 aromatic heterocycles. The van der Waals surface area contributed by atoms with Crippen LogP contribution >= 0.6 is 23.2 Å². The lowest BCUT2D eigenvalue weighted by Crippen LogP contribution is -2.46. The van der Waals surface area contributed by atoms with Gasteiger partial charge in [0.25, 0.3) is 0 Å². The molecule has 2 amide bonds. The molecule has 1 N–H and O–H groups in total. The summed E-state index contributed by atoms with van der Waals surface area (Å²) in [5, 5.41) is 3.50. The Labute approximate surface area is 189 Å². The highest BCUT2D eigenvalue weighted by molar-refractivity contribution is 6.42. The number of nitrogens with one attached hydrogen (secondary N) is 1. The fourth-order valence-electron chi connectivity index (χ4n) is 3.19. The van der Waals surface area contributed by atoms with Gasteiger partial charge in [0.1, 0.15) is 6.04 Å². The predicted molar refractivity (Wildman–Crippen MR) is 124 cm³/mol. The average Bonchev–Trinajstić information content (AvgIpc) is 2.71. The minimum atomic E-state index is -0.597. The molecular weight excluding hydrogens is 419 g/mol. The van der Waals surface area contributed by atoms with Crippen molar-refractivity contribution in [1.29, 1.82) is 0 Å². The van der Waals surface area contributed by atoms with Crippen LogP contribution in [-0.2, 0) is 28.0 Å². The van der Waals surface area contributed by atoms with E-state index in [2.05, 4.69) is 50.4 Å². The summed E-state index contributed by atoms with van der Waals surface area (Å²) < 4.78 is 0. The van der Waals surface area contributed by atoms with Crippen LogP contribution in [-0.4, -0.2) is 29.8 Å². The fourth-order valence-corrected chi connectivity index (χ4v) is 3.51. The number of rotatable bonds is 7. The Morgan fingerprint density at radius 3 is 2.13 bits per heavy atom. The molecule has 0 heterocycles. The summed E-state index contributed by atoms with van der Waals surface area (Å²) in [7, 11) is 1.57. The molecule has 0 spiro atoms. The molecule has 1 atom stereocenters. The number of hydrogen-bond acceptors (Lipinski definition) is 2. The minimum absolute atomic E-state index is 0.0860. The van der Waals surface area contributed by atoms with Crippen molar-refractivity contribution in [3.8, 4) is 0 Å². The van der Waals surface area contributed by atoms with Crippen molar-refractivity contribution in [3.05, 3.63) is 69.2 Å². The molecule has 162 valence electrons. The SMILES string of the molecule is CNC(=O)[C@@H](C)N(Cc1ccc(Cl)c(Cl)c1)C(=O)CCc1ccc(C(C)(C)C)cc1. The van der Waals surface area contributed by atoms with Gasteiger partial charge in [0, 0.05) is 20.0 Å². The van der Waals surface area contributed by atoms with Gasteiger partial charge in [-0.25, -0.2) is 0 Å². The summed E-state index contributed by atoms with van der Waals surface area (Å²) in [6.45, 7) is 8.53. The highest BCUT2D eigenvalue weighted by Crippen LogP contribution is 2.25. The fraction of sp³-hybridized carbons (Fsp3) is 0.417. The summed E-state index contributed by atoms with van der Waals surface area (Å²) >= 11 is 12.1. The Kier molecular flexibility index (Phi) is 8.34. The number of aryl methyl sites for hydroxylation is 1. The first-order chi connectivity index (χ1) is 14.0. The van der Waals surface area contributed by atoms with E-state index < -0.39 is 6.04 Å². The Morgan fingerprint density at radius 1 is 1.00 bits per heavy atom. The van der Waals surface area contributed by atoms with Crippen molar-refractivity contribution in [2.24, 2.45) is 0 Å². The quantitative estimate of drug-likeness (QED) is 0.617. The molecule has 0 aliphatic carbocycles. The van der Waals surface area contributed by atoms with E-state index in [1.165, 1.54) is 5.56 Å². The molecule has 0 aliphatic rings. The van der Waals surface area contributed by atoms with Crippen LogP contribution in [0.1, 0.15) is 50.8 Å². The second-order valence-corrected chi connectivity index (χ2v) is 9.32. The van der Waals surface area contributed by atoms with Crippen molar-refractivity contribution < 1.29 is 9.59 Å². The number of nitrogens with zero attached hydrogens (tertiary/aromatic N) is 1. The van der Waals surface area contributed by atoms with Crippen molar-refractivity contribution in [1.82, 2.24) is 10.2 Å². The summed E-state index contributed by atoms with van der Waals surface area (Å²) in [4.78, 5) is 26.9. The van der Waals surface area contributed by atoms with E-state index in [4.69, 9.17) is 23.2 Å². The maximum atomic E-state index is 13.0. The molecule has 0 fully saturated rings. The van der Waals surface area contributed by atoms with Gasteiger partial charge in [0.15, 0.2) is 0 Å². The molecule has 2 rings (SSSR count). The lowest BCUT2D eigenvalue weighted by Gasteiger charge is -2.28. The molecule has 0 saturated carbocycles. The van der Waals surface area contributed by atoms with Gasteiger partial charge in [-0.05, 0) is 47.6 Å². The third-order valence-corrected chi connectivity index (χ3v) is 5.94. The topological polar surface area (TPSA) is 49.4 Å². The van der Waals surface area contributed by atoms with Gasteiger partial charge in [-0.1, -0.05) is 74.3 Å². The van der Waals surface area contributed by atoms with Gasteiger partial charge in [-0.15, -0.1) is 0 Å². The van der Waals surface area contributed by atoms with E-state index in [0.717, 1.165) is 11.1 Å². The second kappa shape index (κ2) is 10.3. The van der Waals surface area contributed by atoms with Crippen LogP contribution in [0.25, 0.3) is 0 Å². The smallest absolute Gasteiger partial charge is 0.242 e. The van der Waals surface area contributed by atoms with Gasteiger partial charge in [0.05, 0.1) is 10.0 Å². The van der Waals surface area contributed by atoms with E-state index in [1.54, 1.807) is 31.0 Å². The number of carbonyl (C=O) groups excluding carboxylic acids is 2. The van der Waals surface area contributed by atoms with Crippen LogP contribution in [0.4, 0.5) is 0 Å². The third kappa shape index (κ3) is 6.48. The predicted octanol–water partition coefficient (Wildman–Crippen LogP) is 5.39. The Morgan fingerprint density at radius 2 is 1.60 bits per heavy atom. The number of benzene rings is 2. The molecule has 6 heteroatoms. The molecule has 0 radical (unpaired) electrons. The number of amides is 2. The average molecular weight is 449 g/mol. The van der Waals surface area contributed by atoms with Gasteiger partial charge in [0.2, 0.25) is 11.8 Å². The summed E-state index contributed by atoms with van der Waals surface area (Å²) in [6, 6.07) is 13.0. The zero-order chi connectivity index (χ0) is 22.5. The first kappa shape index (κ1) is 24.2. The largest absolute Gasteiger partial charge is 0.357 e. The molecule has 2 aromatic carbocycles. The van der Waals surface area contributed by atoms with Crippen LogP contribution in [0, 0.1) is 0 Å².